The van der Waals surface area contributed by atoms with E-state index in [0.717, 1.165) is 38.2 Å². The van der Waals surface area contributed by atoms with Crippen molar-refractivity contribution in [1.82, 2.24) is 20.6 Å². The minimum Gasteiger partial charge on any atom is -0.482 e. The number of pyridine rings is 2. The van der Waals surface area contributed by atoms with E-state index in [1.165, 1.54) is 11.6 Å². The summed E-state index contributed by atoms with van der Waals surface area (Å²) in [5.74, 6) is 0.162. The molecule has 0 aromatic carbocycles. The van der Waals surface area contributed by atoms with Gasteiger partial charge in [-0.3, -0.25) is 9.97 Å². The van der Waals surface area contributed by atoms with Crippen LogP contribution in [-0.2, 0) is 13.1 Å². The van der Waals surface area contributed by atoms with Crippen molar-refractivity contribution < 1.29 is 17.9 Å². The predicted molar refractivity (Wildman–Crippen MR) is 97.4 cm³/mol. The highest BCUT2D eigenvalue weighted by Crippen LogP contribution is 2.20. The fourth-order valence-corrected chi connectivity index (χ4v) is 2.46. The zero-order valence-electron chi connectivity index (χ0n) is 15.4. The van der Waals surface area contributed by atoms with Crippen molar-refractivity contribution in [2.45, 2.75) is 39.0 Å². The molecule has 2 N–H and O–H groups in total. The van der Waals surface area contributed by atoms with E-state index >= 15 is 0 Å². The smallest absolute Gasteiger partial charge is 0.422 e. The maximum absolute atomic E-state index is 12.3. The van der Waals surface area contributed by atoms with Crippen molar-refractivity contribution >= 4 is 0 Å². The zero-order valence-corrected chi connectivity index (χ0v) is 15.4. The number of hydrogen-bond donors (Lipinski definition) is 2. The molecule has 8 heteroatoms. The topological polar surface area (TPSA) is 59.1 Å². The van der Waals surface area contributed by atoms with Crippen molar-refractivity contribution in [2.24, 2.45) is 0 Å². The van der Waals surface area contributed by atoms with E-state index in [1.54, 1.807) is 18.5 Å². The number of aryl methyl sites for hydroxylation is 1. The Balaban J connectivity index is 1.60. The number of alkyl halides is 3. The van der Waals surface area contributed by atoms with Gasteiger partial charge in [-0.05, 0) is 56.6 Å². The molecule has 0 aliphatic carbocycles. The van der Waals surface area contributed by atoms with Crippen LogP contribution in [0.4, 0.5) is 13.2 Å². The van der Waals surface area contributed by atoms with E-state index in [4.69, 9.17) is 4.74 Å². The highest BCUT2D eigenvalue weighted by molar-refractivity contribution is 5.26. The van der Waals surface area contributed by atoms with Crippen molar-refractivity contribution in [3.8, 4) is 5.75 Å². The summed E-state index contributed by atoms with van der Waals surface area (Å²) in [7, 11) is 0. The van der Waals surface area contributed by atoms with E-state index < -0.39 is 12.8 Å². The third-order valence-electron chi connectivity index (χ3n) is 3.90. The Labute approximate surface area is 157 Å². The van der Waals surface area contributed by atoms with Gasteiger partial charge in [0.25, 0.3) is 0 Å². The summed E-state index contributed by atoms with van der Waals surface area (Å²) < 4.78 is 41.7. The number of unbranched alkanes of at least 4 members (excludes halogenated alkanes) is 1. The summed E-state index contributed by atoms with van der Waals surface area (Å²) >= 11 is 0. The lowest BCUT2D eigenvalue weighted by Gasteiger charge is -2.12. The van der Waals surface area contributed by atoms with E-state index in [1.807, 2.05) is 19.1 Å². The normalized spacial score (nSPS) is 11.6. The predicted octanol–water partition coefficient (Wildman–Crippen LogP) is 3.39. The molecule has 0 unspecified atom stereocenters. The maximum Gasteiger partial charge on any atom is 0.422 e. The second kappa shape index (κ2) is 10.8. The van der Waals surface area contributed by atoms with Gasteiger partial charge >= 0.3 is 6.18 Å². The molecular weight excluding hydrogens is 357 g/mol. The SMILES string of the molecule is Cc1cccnc1CNCCCCNCc1ncccc1OCC(F)(F)F. The summed E-state index contributed by atoms with van der Waals surface area (Å²) in [6.45, 7) is 3.47. The Morgan fingerprint density at radius 3 is 2.15 bits per heavy atom. The number of halogens is 3. The number of nitrogens with zero attached hydrogens (tertiary/aromatic N) is 2. The first-order valence-corrected chi connectivity index (χ1v) is 8.91. The van der Waals surface area contributed by atoms with Gasteiger partial charge in [-0.1, -0.05) is 6.07 Å². The molecule has 0 spiro atoms. The van der Waals surface area contributed by atoms with Crippen LogP contribution in [0.5, 0.6) is 5.75 Å². The zero-order chi connectivity index (χ0) is 19.5. The molecule has 2 heterocycles. The quantitative estimate of drug-likeness (QED) is 0.584. The summed E-state index contributed by atoms with van der Waals surface area (Å²) in [5.41, 5.74) is 2.70. The van der Waals surface area contributed by atoms with Crippen LogP contribution in [0.2, 0.25) is 0 Å². The summed E-state index contributed by atoms with van der Waals surface area (Å²) in [5, 5.41) is 6.55. The lowest BCUT2D eigenvalue weighted by atomic mass is 10.2. The molecule has 2 aromatic rings. The van der Waals surface area contributed by atoms with Crippen LogP contribution >= 0.6 is 0 Å². The van der Waals surface area contributed by atoms with Crippen LogP contribution in [0.3, 0.4) is 0 Å². The van der Waals surface area contributed by atoms with Crippen LogP contribution in [0.25, 0.3) is 0 Å². The van der Waals surface area contributed by atoms with Crippen LogP contribution in [0, 0.1) is 6.92 Å². The van der Waals surface area contributed by atoms with Crippen molar-refractivity contribution in [1.29, 1.82) is 0 Å². The molecule has 0 saturated heterocycles. The van der Waals surface area contributed by atoms with Crippen LogP contribution in [0.1, 0.15) is 29.8 Å². The molecule has 148 valence electrons. The van der Waals surface area contributed by atoms with Gasteiger partial charge < -0.3 is 15.4 Å². The van der Waals surface area contributed by atoms with Gasteiger partial charge in [0.1, 0.15) is 5.75 Å². The lowest BCUT2D eigenvalue weighted by molar-refractivity contribution is -0.153. The van der Waals surface area contributed by atoms with Gasteiger partial charge in [0.05, 0.1) is 11.4 Å². The Kier molecular flexibility index (Phi) is 8.47. The standard InChI is InChI=1S/C19H25F3N4O/c1-15-6-4-10-25-16(15)12-23-8-2-3-9-24-13-17-18(7-5-11-26-17)27-14-19(20,21)22/h4-7,10-11,23-24H,2-3,8-9,12-14H2,1H3. The molecule has 2 rings (SSSR count). The second-order valence-electron chi connectivity index (χ2n) is 6.18. The Morgan fingerprint density at radius 1 is 0.926 bits per heavy atom. The molecule has 2 aromatic heterocycles. The minimum absolute atomic E-state index is 0.162. The fraction of sp³-hybridized carbons (Fsp3) is 0.474. The number of rotatable bonds is 11. The summed E-state index contributed by atoms with van der Waals surface area (Å²) in [6.07, 6.45) is 0.902. The van der Waals surface area contributed by atoms with Gasteiger partial charge in [0.15, 0.2) is 6.61 Å². The average Bonchev–Trinajstić information content (AvgIpc) is 2.63. The number of hydrogen-bond acceptors (Lipinski definition) is 5. The lowest BCUT2D eigenvalue weighted by Crippen LogP contribution is -2.22. The molecule has 0 radical (unpaired) electrons. The first-order valence-electron chi connectivity index (χ1n) is 8.91. The monoisotopic (exact) mass is 382 g/mol. The van der Waals surface area contributed by atoms with E-state index in [-0.39, 0.29) is 5.75 Å². The fourth-order valence-electron chi connectivity index (χ4n) is 2.46. The van der Waals surface area contributed by atoms with Gasteiger partial charge in [0, 0.05) is 25.5 Å². The van der Waals surface area contributed by atoms with Gasteiger partial charge in [-0.2, -0.15) is 13.2 Å². The first kappa shape index (κ1) is 21.1. The van der Waals surface area contributed by atoms with Gasteiger partial charge in [-0.25, -0.2) is 0 Å². The number of ether oxygens (including phenoxy) is 1. The number of nitrogens with one attached hydrogen (secondary N) is 2. The third-order valence-corrected chi connectivity index (χ3v) is 3.90. The van der Waals surface area contributed by atoms with E-state index in [9.17, 15) is 13.2 Å². The average molecular weight is 382 g/mol. The van der Waals surface area contributed by atoms with Gasteiger partial charge in [-0.15, -0.1) is 0 Å². The Morgan fingerprint density at radius 2 is 1.52 bits per heavy atom. The molecule has 0 fully saturated rings. The molecule has 0 bridgehead atoms. The third kappa shape index (κ3) is 8.36. The Hall–Kier alpha value is -2.19. The first-order chi connectivity index (χ1) is 13.0. The largest absolute Gasteiger partial charge is 0.482 e. The molecule has 0 amide bonds. The van der Waals surface area contributed by atoms with Crippen molar-refractivity contribution in [2.75, 3.05) is 19.7 Å². The van der Waals surface area contributed by atoms with Gasteiger partial charge in [0.2, 0.25) is 0 Å². The highest BCUT2D eigenvalue weighted by atomic mass is 19.4. The molecule has 0 aliphatic heterocycles. The van der Waals surface area contributed by atoms with Crippen LogP contribution in [-0.4, -0.2) is 35.8 Å². The van der Waals surface area contributed by atoms with Crippen molar-refractivity contribution in [3.63, 3.8) is 0 Å². The molecule has 0 aliphatic rings. The van der Waals surface area contributed by atoms with E-state index in [0.29, 0.717) is 12.2 Å². The highest BCUT2D eigenvalue weighted by Gasteiger charge is 2.28. The molecular formula is C19H25F3N4O. The molecule has 5 nitrogen and oxygen atoms in total. The van der Waals surface area contributed by atoms with Crippen LogP contribution < -0.4 is 15.4 Å². The second-order valence-corrected chi connectivity index (χ2v) is 6.18. The van der Waals surface area contributed by atoms with E-state index in [2.05, 4.69) is 20.6 Å². The number of aromatic nitrogens is 2. The minimum atomic E-state index is -4.36. The molecule has 0 saturated carbocycles. The maximum atomic E-state index is 12.3. The molecule has 27 heavy (non-hydrogen) atoms. The van der Waals surface area contributed by atoms with Crippen LogP contribution in [0.15, 0.2) is 36.7 Å². The molecule has 0 atom stereocenters. The summed E-state index contributed by atoms with van der Waals surface area (Å²) in [4.78, 5) is 8.43. The van der Waals surface area contributed by atoms with Crippen molar-refractivity contribution in [3.05, 3.63) is 53.6 Å². The Bertz CT molecular complexity index is 695. The summed E-state index contributed by atoms with van der Waals surface area (Å²) in [6, 6.07) is 7.02.